The van der Waals surface area contributed by atoms with Crippen molar-refractivity contribution in [3.63, 3.8) is 0 Å². The third kappa shape index (κ3) is 1.66. The average Bonchev–Trinajstić information content (AvgIpc) is 2.18. The first-order valence-corrected chi connectivity index (χ1v) is 3.61. The number of rotatable bonds is 2. The Balaban J connectivity index is 2.22. The van der Waals surface area contributed by atoms with Crippen molar-refractivity contribution in [2.24, 2.45) is 11.8 Å². The minimum Gasteiger partial charge on any atom is -0.252 e. The van der Waals surface area contributed by atoms with Gasteiger partial charge in [-0.05, 0) is 18.3 Å². The molecule has 0 aromatic rings. The third-order valence-corrected chi connectivity index (χ3v) is 2.33. The lowest BCUT2D eigenvalue weighted by atomic mass is 10.00. The van der Waals surface area contributed by atoms with Crippen LogP contribution in [0.2, 0.25) is 0 Å². The van der Waals surface area contributed by atoms with Gasteiger partial charge in [0.15, 0.2) is 0 Å². The summed E-state index contributed by atoms with van der Waals surface area (Å²) in [6, 6.07) is 0. The predicted octanol–water partition coefficient (Wildman–Crippen LogP) is 1.91. The van der Waals surface area contributed by atoms with Crippen LogP contribution in [0.4, 0.5) is 0 Å². The molecule has 2 atom stereocenters. The molecule has 1 aliphatic rings. The highest BCUT2D eigenvalue weighted by atomic mass is 17.1. The summed E-state index contributed by atoms with van der Waals surface area (Å²) in [6.45, 7) is 2.75. The Morgan fingerprint density at radius 3 is 2.78 bits per heavy atom. The third-order valence-electron chi connectivity index (χ3n) is 2.33. The van der Waals surface area contributed by atoms with Crippen molar-refractivity contribution in [3.8, 4) is 0 Å². The molecule has 0 aromatic carbocycles. The van der Waals surface area contributed by atoms with Gasteiger partial charge in [0.25, 0.3) is 0 Å². The van der Waals surface area contributed by atoms with Crippen molar-refractivity contribution >= 4 is 0 Å². The Kier molecular flexibility index (Phi) is 2.49. The van der Waals surface area contributed by atoms with E-state index in [2.05, 4.69) is 11.8 Å². The van der Waals surface area contributed by atoms with Gasteiger partial charge >= 0.3 is 0 Å². The van der Waals surface area contributed by atoms with Gasteiger partial charge in [0, 0.05) is 0 Å². The fourth-order valence-corrected chi connectivity index (χ4v) is 1.57. The molecule has 1 N–H and O–H groups in total. The fourth-order valence-electron chi connectivity index (χ4n) is 1.57. The summed E-state index contributed by atoms with van der Waals surface area (Å²) in [5.74, 6) is 1.35. The smallest absolute Gasteiger partial charge is 0.0850 e. The maximum atomic E-state index is 8.14. The lowest BCUT2D eigenvalue weighted by Crippen LogP contribution is -2.10. The second-order valence-electron chi connectivity index (χ2n) is 2.96. The van der Waals surface area contributed by atoms with Crippen LogP contribution in [0.15, 0.2) is 0 Å². The SMILES string of the molecule is CC1CCCC1COO. The van der Waals surface area contributed by atoms with Gasteiger partial charge in [0.2, 0.25) is 0 Å². The first kappa shape index (κ1) is 7.03. The lowest BCUT2D eigenvalue weighted by molar-refractivity contribution is -0.252. The molecule has 2 heteroatoms. The van der Waals surface area contributed by atoms with Crippen molar-refractivity contribution in [2.75, 3.05) is 6.61 Å². The van der Waals surface area contributed by atoms with E-state index in [1.807, 2.05) is 0 Å². The standard InChI is InChI=1S/C7H14O2/c1-6-3-2-4-7(6)5-9-8/h6-8H,2-5H2,1H3. The zero-order valence-corrected chi connectivity index (χ0v) is 5.84. The van der Waals surface area contributed by atoms with Crippen molar-refractivity contribution in [3.05, 3.63) is 0 Å². The van der Waals surface area contributed by atoms with E-state index in [0.29, 0.717) is 12.5 Å². The second-order valence-corrected chi connectivity index (χ2v) is 2.96. The molecule has 0 amide bonds. The van der Waals surface area contributed by atoms with E-state index in [-0.39, 0.29) is 0 Å². The molecule has 0 saturated heterocycles. The highest BCUT2D eigenvalue weighted by molar-refractivity contribution is 4.72. The molecule has 0 aromatic heterocycles. The van der Waals surface area contributed by atoms with Gasteiger partial charge in [-0.25, -0.2) is 4.89 Å². The van der Waals surface area contributed by atoms with Crippen LogP contribution in [-0.2, 0) is 4.89 Å². The van der Waals surface area contributed by atoms with Crippen molar-refractivity contribution in [2.45, 2.75) is 26.2 Å². The van der Waals surface area contributed by atoms with Gasteiger partial charge in [-0.15, -0.1) is 0 Å². The fraction of sp³-hybridized carbons (Fsp3) is 1.00. The van der Waals surface area contributed by atoms with Crippen molar-refractivity contribution in [1.82, 2.24) is 0 Å². The van der Waals surface area contributed by atoms with E-state index in [1.165, 1.54) is 19.3 Å². The summed E-state index contributed by atoms with van der Waals surface area (Å²) in [4.78, 5) is 4.10. The molecule has 0 spiro atoms. The van der Waals surface area contributed by atoms with Crippen molar-refractivity contribution < 1.29 is 10.1 Å². The van der Waals surface area contributed by atoms with E-state index in [4.69, 9.17) is 5.26 Å². The van der Waals surface area contributed by atoms with Gasteiger partial charge in [-0.3, -0.25) is 5.26 Å². The van der Waals surface area contributed by atoms with Crippen LogP contribution in [0.5, 0.6) is 0 Å². The number of hydrogen-bond donors (Lipinski definition) is 1. The van der Waals surface area contributed by atoms with E-state index in [9.17, 15) is 0 Å². The zero-order chi connectivity index (χ0) is 6.69. The maximum Gasteiger partial charge on any atom is 0.0850 e. The Labute approximate surface area is 55.8 Å². The van der Waals surface area contributed by atoms with Crippen LogP contribution in [0.25, 0.3) is 0 Å². The summed E-state index contributed by atoms with van der Waals surface area (Å²) in [7, 11) is 0. The molecule has 2 nitrogen and oxygen atoms in total. The largest absolute Gasteiger partial charge is 0.252 e. The molecule has 2 unspecified atom stereocenters. The highest BCUT2D eigenvalue weighted by Crippen LogP contribution is 2.30. The maximum absolute atomic E-state index is 8.14. The van der Waals surface area contributed by atoms with Gasteiger partial charge in [-0.1, -0.05) is 19.8 Å². The Morgan fingerprint density at radius 2 is 2.33 bits per heavy atom. The molecule has 0 aliphatic heterocycles. The van der Waals surface area contributed by atoms with Crippen LogP contribution in [0, 0.1) is 11.8 Å². The minimum atomic E-state index is 0.529. The second kappa shape index (κ2) is 3.18. The van der Waals surface area contributed by atoms with Gasteiger partial charge in [-0.2, -0.15) is 0 Å². The molecule has 1 fully saturated rings. The normalized spacial score (nSPS) is 35.3. The van der Waals surface area contributed by atoms with Gasteiger partial charge in [0.05, 0.1) is 6.61 Å². The summed E-state index contributed by atoms with van der Waals surface area (Å²) in [5, 5.41) is 8.14. The molecule has 1 saturated carbocycles. The topological polar surface area (TPSA) is 29.5 Å². The molecule has 1 rings (SSSR count). The van der Waals surface area contributed by atoms with E-state index >= 15 is 0 Å². The predicted molar refractivity (Wildman–Crippen MR) is 35.1 cm³/mol. The minimum absolute atomic E-state index is 0.529. The Morgan fingerprint density at radius 1 is 1.56 bits per heavy atom. The van der Waals surface area contributed by atoms with E-state index in [1.54, 1.807) is 0 Å². The molecular formula is C7H14O2. The molecule has 9 heavy (non-hydrogen) atoms. The quantitative estimate of drug-likeness (QED) is 0.457. The van der Waals surface area contributed by atoms with Gasteiger partial charge in [0.1, 0.15) is 0 Å². The highest BCUT2D eigenvalue weighted by Gasteiger charge is 2.22. The molecular weight excluding hydrogens is 116 g/mol. The zero-order valence-electron chi connectivity index (χ0n) is 5.84. The molecule has 1 aliphatic carbocycles. The van der Waals surface area contributed by atoms with E-state index < -0.39 is 0 Å². The summed E-state index contributed by atoms with van der Waals surface area (Å²) in [5.41, 5.74) is 0. The van der Waals surface area contributed by atoms with Crippen LogP contribution in [-0.4, -0.2) is 11.9 Å². The van der Waals surface area contributed by atoms with Crippen LogP contribution < -0.4 is 0 Å². The van der Waals surface area contributed by atoms with E-state index in [0.717, 1.165) is 5.92 Å². The van der Waals surface area contributed by atoms with Gasteiger partial charge < -0.3 is 0 Å². The number of hydrogen-bond acceptors (Lipinski definition) is 2. The summed E-state index contributed by atoms with van der Waals surface area (Å²) < 4.78 is 0. The summed E-state index contributed by atoms with van der Waals surface area (Å²) in [6.07, 6.45) is 3.82. The van der Waals surface area contributed by atoms with Crippen LogP contribution >= 0.6 is 0 Å². The Hall–Kier alpha value is -0.0800. The Bertz CT molecular complexity index is 83.0. The lowest BCUT2D eigenvalue weighted by Gasteiger charge is -2.11. The van der Waals surface area contributed by atoms with Crippen molar-refractivity contribution in [1.29, 1.82) is 0 Å². The van der Waals surface area contributed by atoms with Crippen LogP contribution in [0.1, 0.15) is 26.2 Å². The van der Waals surface area contributed by atoms with Crippen LogP contribution in [0.3, 0.4) is 0 Å². The molecule has 54 valence electrons. The average molecular weight is 130 g/mol. The molecule has 0 heterocycles. The first-order valence-electron chi connectivity index (χ1n) is 3.61. The molecule has 0 bridgehead atoms. The molecule has 0 radical (unpaired) electrons. The monoisotopic (exact) mass is 130 g/mol. The summed E-state index contributed by atoms with van der Waals surface area (Å²) >= 11 is 0. The first-order chi connectivity index (χ1) is 4.34.